The van der Waals surface area contributed by atoms with Crippen molar-refractivity contribution in [3.05, 3.63) is 24.0 Å². The van der Waals surface area contributed by atoms with Crippen LogP contribution >= 0.6 is 12.4 Å². The molecule has 108 valence electrons. The summed E-state index contributed by atoms with van der Waals surface area (Å²) in [4.78, 5) is 4.57. The number of anilines is 1. The van der Waals surface area contributed by atoms with Gasteiger partial charge >= 0.3 is 0 Å². The highest BCUT2D eigenvalue weighted by atomic mass is 35.5. The molecule has 0 aliphatic carbocycles. The molecule has 1 aliphatic rings. The van der Waals surface area contributed by atoms with E-state index in [2.05, 4.69) is 9.80 Å². The van der Waals surface area contributed by atoms with Crippen LogP contribution in [0.4, 0.5) is 10.1 Å². The summed E-state index contributed by atoms with van der Waals surface area (Å²) in [7, 11) is 1.57. The van der Waals surface area contributed by atoms with E-state index >= 15 is 0 Å². The second-order valence-corrected chi connectivity index (χ2v) is 4.43. The summed E-state index contributed by atoms with van der Waals surface area (Å²) in [5, 5.41) is 0. The molecule has 0 amide bonds. The molecule has 1 aromatic rings. The Morgan fingerprint density at radius 1 is 1.26 bits per heavy atom. The Balaban J connectivity index is 0.00000180. The lowest BCUT2D eigenvalue weighted by molar-refractivity contribution is 0.264. The predicted octanol–water partition coefficient (Wildman–Crippen LogP) is 1.34. The number of ether oxygens (including phenoxy) is 1. The standard InChI is InChI=1S/C13H20FN3O.ClH/c1-18-13-10-11(14)2-3-12(13)17-8-6-16(5-4-15)7-9-17;/h2-3,10H,4-9,15H2,1H3;1H. The molecular formula is C13H21ClFN3O. The van der Waals surface area contributed by atoms with Gasteiger partial charge in [-0.05, 0) is 12.1 Å². The molecule has 0 radical (unpaired) electrons. The van der Waals surface area contributed by atoms with Crippen LogP contribution in [0.5, 0.6) is 5.75 Å². The van der Waals surface area contributed by atoms with E-state index in [4.69, 9.17) is 10.5 Å². The third-order valence-corrected chi connectivity index (χ3v) is 3.30. The number of rotatable bonds is 4. The first-order valence-corrected chi connectivity index (χ1v) is 6.25. The van der Waals surface area contributed by atoms with E-state index in [0.29, 0.717) is 12.3 Å². The number of nitrogens with two attached hydrogens (primary N) is 1. The van der Waals surface area contributed by atoms with E-state index in [9.17, 15) is 4.39 Å². The lowest BCUT2D eigenvalue weighted by atomic mass is 10.2. The molecule has 0 spiro atoms. The van der Waals surface area contributed by atoms with Gasteiger partial charge in [0.25, 0.3) is 0 Å². The zero-order valence-corrected chi connectivity index (χ0v) is 12.0. The van der Waals surface area contributed by atoms with Gasteiger partial charge in [-0.2, -0.15) is 0 Å². The summed E-state index contributed by atoms with van der Waals surface area (Å²) in [6, 6.07) is 4.69. The molecule has 1 aromatic carbocycles. The molecule has 1 fully saturated rings. The van der Waals surface area contributed by atoms with Gasteiger partial charge < -0.3 is 15.4 Å². The van der Waals surface area contributed by atoms with Crippen molar-refractivity contribution < 1.29 is 9.13 Å². The van der Waals surface area contributed by atoms with Crippen LogP contribution in [0.25, 0.3) is 0 Å². The van der Waals surface area contributed by atoms with Crippen molar-refractivity contribution in [1.29, 1.82) is 0 Å². The van der Waals surface area contributed by atoms with Gasteiger partial charge in [0.1, 0.15) is 11.6 Å². The Kier molecular flexibility index (Phi) is 6.34. The lowest BCUT2D eigenvalue weighted by Gasteiger charge is -2.36. The Morgan fingerprint density at radius 2 is 1.95 bits per heavy atom. The summed E-state index contributed by atoms with van der Waals surface area (Å²) >= 11 is 0. The van der Waals surface area contributed by atoms with E-state index in [0.717, 1.165) is 38.4 Å². The van der Waals surface area contributed by atoms with Crippen molar-refractivity contribution in [3.63, 3.8) is 0 Å². The summed E-state index contributed by atoms with van der Waals surface area (Å²) in [6.07, 6.45) is 0. The summed E-state index contributed by atoms with van der Waals surface area (Å²) in [5.74, 6) is 0.333. The lowest BCUT2D eigenvalue weighted by Crippen LogP contribution is -2.47. The number of benzene rings is 1. The molecule has 0 unspecified atom stereocenters. The average molecular weight is 290 g/mol. The average Bonchev–Trinajstić information content (AvgIpc) is 2.40. The van der Waals surface area contributed by atoms with Gasteiger partial charge in [-0.15, -0.1) is 12.4 Å². The highest BCUT2D eigenvalue weighted by Crippen LogP contribution is 2.29. The molecule has 1 heterocycles. The SMILES string of the molecule is COc1cc(F)ccc1N1CCN(CCN)CC1.Cl. The quantitative estimate of drug-likeness (QED) is 0.908. The summed E-state index contributed by atoms with van der Waals surface area (Å²) in [6.45, 7) is 5.44. The van der Waals surface area contributed by atoms with Gasteiger partial charge in [0.05, 0.1) is 12.8 Å². The van der Waals surface area contributed by atoms with Gasteiger partial charge in [0, 0.05) is 45.3 Å². The Bertz CT molecular complexity index is 397. The fourth-order valence-electron chi connectivity index (χ4n) is 2.31. The second kappa shape index (κ2) is 7.53. The van der Waals surface area contributed by atoms with E-state index in [-0.39, 0.29) is 18.2 Å². The number of piperazine rings is 1. The van der Waals surface area contributed by atoms with Crippen molar-refractivity contribution in [2.24, 2.45) is 5.73 Å². The maximum Gasteiger partial charge on any atom is 0.145 e. The van der Waals surface area contributed by atoms with Crippen molar-refractivity contribution in [3.8, 4) is 5.75 Å². The first kappa shape index (κ1) is 16.0. The van der Waals surface area contributed by atoms with Crippen LogP contribution in [0.2, 0.25) is 0 Å². The Hall–Kier alpha value is -1.04. The van der Waals surface area contributed by atoms with Crippen molar-refractivity contribution in [2.75, 3.05) is 51.3 Å². The first-order chi connectivity index (χ1) is 8.74. The maximum atomic E-state index is 13.1. The minimum atomic E-state index is -0.266. The van der Waals surface area contributed by atoms with Crippen molar-refractivity contribution in [1.82, 2.24) is 4.90 Å². The maximum absolute atomic E-state index is 13.1. The van der Waals surface area contributed by atoms with Gasteiger partial charge in [-0.25, -0.2) is 4.39 Å². The molecule has 19 heavy (non-hydrogen) atoms. The van der Waals surface area contributed by atoms with E-state index in [1.54, 1.807) is 13.2 Å². The topological polar surface area (TPSA) is 41.7 Å². The third-order valence-electron chi connectivity index (χ3n) is 3.30. The fraction of sp³-hybridized carbons (Fsp3) is 0.538. The Labute approximate surface area is 119 Å². The molecule has 2 rings (SSSR count). The number of nitrogens with zero attached hydrogens (tertiary/aromatic N) is 2. The molecular weight excluding hydrogens is 269 g/mol. The number of hydrogen-bond acceptors (Lipinski definition) is 4. The number of methoxy groups -OCH3 is 1. The zero-order chi connectivity index (χ0) is 13.0. The van der Waals surface area contributed by atoms with Crippen LogP contribution in [-0.2, 0) is 0 Å². The molecule has 4 nitrogen and oxygen atoms in total. The van der Waals surface area contributed by atoms with Crippen LogP contribution in [0.3, 0.4) is 0 Å². The predicted molar refractivity (Wildman–Crippen MR) is 77.9 cm³/mol. The minimum absolute atomic E-state index is 0. The molecule has 1 saturated heterocycles. The van der Waals surface area contributed by atoms with Crippen LogP contribution in [0, 0.1) is 5.82 Å². The number of halogens is 2. The van der Waals surface area contributed by atoms with E-state index < -0.39 is 0 Å². The number of hydrogen-bond donors (Lipinski definition) is 1. The highest BCUT2D eigenvalue weighted by molar-refractivity contribution is 5.85. The molecule has 6 heteroatoms. The molecule has 1 aliphatic heterocycles. The van der Waals surface area contributed by atoms with Crippen molar-refractivity contribution >= 4 is 18.1 Å². The van der Waals surface area contributed by atoms with Crippen LogP contribution in [-0.4, -0.2) is 51.3 Å². The van der Waals surface area contributed by atoms with Gasteiger partial charge in [0.15, 0.2) is 0 Å². The first-order valence-electron chi connectivity index (χ1n) is 6.25. The second-order valence-electron chi connectivity index (χ2n) is 4.43. The summed E-state index contributed by atoms with van der Waals surface area (Å²) < 4.78 is 18.4. The van der Waals surface area contributed by atoms with Gasteiger partial charge in [-0.3, -0.25) is 4.90 Å². The normalized spacial score (nSPS) is 16.1. The minimum Gasteiger partial charge on any atom is -0.494 e. The monoisotopic (exact) mass is 289 g/mol. The molecule has 0 saturated carbocycles. The molecule has 0 aromatic heterocycles. The fourth-order valence-corrected chi connectivity index (χ4v) is 2.31. The van der Waals surface area contributed by atoms with E-state index in [1.807, 2.05) is 0 Å². The molecule has 0 bridgehead atoms. The van der Waals surface area contributed by atoms with Crippen molar-refractivity contribution in [2.45, 2.75) is 0 Å². The summed E-state index contributed by atoms with van der Waals surface area (Å²) in [5.41, 5.74) is 6.51. The van der Waals surface area contributed by atoms with Crippen LogP contribution in [0.1, 0.15) is 0 Å². The largest absolute Gasteiger partial charge is 0.494 e. The van der Waals surface area contributed by atoms with Gasteiger partial charge in [-0.1, -0.05) is 0 Å². The molecule has 2 N–H and O–H groups in total. The van der Waals surface area contributed by atoms with Crippen LogP contribution in [0.15, 0.2) is 18.2 Å². The zero-order valence-electron chi connectivity index (χ0n) is 11.1. The molecule has 0 atom stereocenters. The highest BCUT2D eigenvalue weighted by Gasteiger charge is 2.19. The van der Waals surface area contributed by atoms with Crippen LogP contribution < -0.4 is 15.4 Å². The van der Waals surface area contributed by atoms with Gasteiger partial charge in [0.2, 0.25) is 0 Å². The Morgan fingerprint density at radius 3 is 2.53 bits per heavy atom. The van der Waals surface area contributed by atoms with E-state index in [1.165, 1.54) is 12.1 Å². The third kappa shape index (κ3) is 3.96. The smallest absolute Gasteiger partial charge is 0.145 e.